The normalized spacial score (nSPS) is 12.1. The van der Waals surface area contributed by atoms with Crippen molar-refractivity contribution < 1.29 is 24.1 Å². The van der Waals surface area contributed by atoms with Crippen molar-refractivity contribution in [2.45, 2.75) is 64.9 Å². The number of ether oxygens (including phenoxy) is 1. The summed E-state index contributed by atoms with van der Waals surface area (Å²) in [6.45, 7) is 4.07. The molecular weight excluding hydrogens is 248 g/mol. The Morgan fingerprint density at radius 3 is 2.47 bits per heavy atom. The van der Waals surface area contributed by atoms with E-state index in [2.05, 4.69) is 18.6 Å². The van der Waals surface area contributed by atoms with Crippen LogP contribution in [-0.4, -0.2) is 31.6 Å². The molecule has 112 valence electrons. The molecule has 19 heavy (non-hydrogen) atoms. The van der Waals surface area contributed by atoms with Crippen molar-refractivity contribution in [1.82, 2.24) is 0 Å². The Bertz CT molecular complexity index is 230. The average Bonchev–Trinajstić information content (AvgIpc) is 2.41. The lowest BCUT2D eigenvalue weighted by molar-refractivity contribution is -0.320. The van der Waals surface area contributed by atoms with Gasteiger partial charge in [-0.3, -0.25) is 9.59 Å². The fourth-order valence-corrected chi connectivity index (χ4v) is 1.73. The summed E-state index contributed by atoms with van der Waals surface area (Å²) in [6.07, 6.45) is 7.70. The van der Waals surface area contributed by atoms with Gasteiger partial charge in [0.2, 0.25) is 0 Å². The van der Waals surface area contributed by atoms with Gasteiger partial charge >= 0.3 is 0 Å². The molecule has 5 heteroatoms. The van der Waals surface area contributed by atoms with Crippen molar-refractivity contribution in [1.29, 1.82) is 0 Å². The van der Waals surface area contributed by atoms with Crippen LogP contribution >= 0.6 is 0 Å². The minimum Gasteiger partial charge on any atom is -0.460 e. The quantitative estimate of drug-likeness (QED) is 0.211. The largest absolute Gasteiger partial charge is 0.460 e. The molecule has 0 aromatic heterocycles. The Morgan fingerprint density at radius 1 is 1.05 bits per heavy atom. The van der Waals surface area contributed by atoms with Gasteiger partial charge in [0.25, 0.3) is 6.47 Å². The molecule has 0 aliphatic carbocycles. The first-order valence-electron chi connectivity index (χ1n) is 7.09. The van der Waals surface area contributed by atoms with E-state index >= 15 is 0 Å². The van der Waals surface area contributed by atoms with Crippen LogP contribution in [0.4, 0.5) is 0 Å². The third-order valence-corrected chi connectivity index (χ3v) is 2.73. The summed E-state index contributed by atoms with van der Waals surface area (Å²) < 4.78 is 4.33. The van der Waals surface area contributed by atoms with Crippen molar-refractivity contribution >= 4 is 12.3 Å². The number of carbonyl (C=O) groups excluding carboxylic acids is 2. The summed E-state index contributed by atoms with van der Waals surface area (Å²) in [5.41, 5.74) is 0. The van der Waals surface area contributed by atoms with E-state index in [-0.39, 0.29) is 31.6 Å². The number of Topliss-reactive ketones (excluding diaryl/α,β-unsaturated/α-hetero) is 1. The van der Waals surface area contributed by atoms with E-state index in [0.717, 1.165) is 25.7 Å². The first kappa shape index (κ1) is 18.1. The molecule has 0 aromatic carbocycles. The van der Waals surface area contributed by atoms with E-state index in [0.29, 0.717) is 0 Å². The monoisotopic (exact) mass is 274 g/mol. The summed E-state index contributed by atoms with van der Waals surface area (Å²) in [7, 11) is 0. The average molecular weight is 274 g/mol. The highest BCUT2D eigenvalue weighted by atomic mass is 17.2. The van der Waals surface area contributed by atoms with Crippen LogP contribution in [0, 0.1) is 0 Å². The standard InChI is InChI=1S/C14H26O5/c1-3-5-6-7-9-14(8-4-2)19-18-11-13(16)10-17-12-15/h12,14H,3-11H2,1-2H3/t14-/m0/s1. The minimum atomic E-state index is -0.312. The van der Waals surface area contributed by atoms with Crippen LogP contribution in [-0.2, 0) is 24.1 Å². The molecule has 0 saturated heterocycles. The van der Waals surface area contributed by atoms with Crippen LogP contribution in [0.3, 0.4) is 0 Å². The van der Waals surface area contributed by atoms with Gasteiger partial charge in [-0.2, -0.15) is 0 Å². The number of unbranched alkanes of at least 4 members (excludes halogenated alkanes) is 3. The van der Waals surface area contributed by atoms with Gasteiger partial charge in [-0.25, -0.2) is 9.78 Å². The minimum absolute atomic E-state index is 0.0432. The summed E-state index contributed by atoms with van der Waals surface area (Å²) in [5, 5.41) is 0. The lowest BCUT2D eigenvalue weighted by atomic mass is 10.1. The van der Waals surface area contributed by atoms with Gasteiger partial charge in [-0.1, -0.05) is 46.0 Å². The predicted molar refractivity (Wildman–Crippen MR) is 71.5 cm³/mol. The van der Waals surface area contributed by atoms with Gasteiger partial charge in [-0.15, -0.1) is 0 Å². The molecule has 0 saturated carbocycles. The van der Waals surface area contributed by atoms with Crippen LogP contribution in [0.5, 0.6) is 0 Å². The fraction of sp³-hybridized carbons (Fsp3) is 0.857. The molecule has 0 radical (unpaired) electrons. The van der Waals surface area contributed by atoms with Gasteiger partial charge in [0.1, 0.15) is 6.61 Å². The van der Waals surface area contributed by atoms with Crippen LogP contribution < -0.4 is 0 Å². The third-order valence-electron chi connectivity index (χ3n) is 2.73. The summed E-state index contributed by atoms with van der Waals surface area (Å²) >= 11 is 0. The second-order valence-electron chi connectivity index (χ2n) is 4.56. The maximum atomic E-state index is 11.2. The molecule has 0 unspecified atom stereocenters. The predicted octanol–water partition coefficient (Wildman–Crippen LogP) is 2.82. The molecule has 0 heterocycles. The molecule has 0 fully saturated rings. The van der Waals surface area contributed by atoms with Crippen molar-refractivity contribution in [3.63, 3.8) is 0 Å². The van der Waals surface area contributed by atoms with Crippen LogP contribution in [0.2, 0.25) is 0 Å². The lowest BCUT2D eigenvalue weighted by Crippen LogP contribution is -2.19. The number of ketones is 1. The third kappa shape index (κ3) is 11.9. The topological polar surface area (TPSA) is 61.8 Å². The molecule has 0 amide bonds. The molecule has 0 bridgehead atoms. The van der Waals surface area contributed by atoms with E-state index in [1.807, 2.05) is 0 Å². The molecule has 0 N–H and O–H groups in total. The number of rotatable bonds is 14. The van der Waals surface area contributed by atoms with Crippen molar-refractivity contribution in [2.75, 3.05) is 13.2 Å². The highest BCUT2D eigenvalue weighted by Crippen LogP contribution is 2.13. The van der Waals surface area contributed by atoms with E-state index in [1.165, 1.54) is 19.3 Å². The number of hydrogen-bond acceptors (Lipinski definition) is 5. The summed E-state index contributed by atoms with van der Waals surface area (Å²) in [4.78, 5) is 31.2. The zero-order valence-corrected chi connectivity index (χ0v) is 12.1. The van der Waals surface area contributed by atoms with Crippen molar-refractivity contribution in [3.05, 3.63) is 0 Å². The van der Waals surface area contributed by atoms with Crippen LogP contribution in [0.15, 0.2) is 0 Å². The highest BCUT2D eigenvalue weighted by molar-refractivity contribution is 5.81. The van der Waals surface area contributed by atoms with Gasteiger partial charge < -0.3 is 4.74 Å². The molecule has 0 aliphatic rings. The first-order chi connectivity index (χ1) is 9.24. The Hall–Kier alpha value is -0.940. The Labute approximate surface area is 115 Å². The fourth-order valence-electron chi connectivity index (χ4n) is 1.73. The Kier molecular flexibility index (Phi) is 12.8. The lowest BCUT2D eigenvalue weighted by Gasteiger charge is -2.15. The smallest absolute Gasteiger partial charge is 0.293 e. The van der Waals surface area contributed by atoms with Gasteiger partial charge in [0, 0.05) is 0 Å². The molecule has 0 aromatic rings. The van der Waals surface area contributed by atoms with Crippen molar-refractivity contribution in [2.24, 2.45) is 0 Å². The van der Waals surface area contributed by atoms with Crippen LogP contribution in [0.25, 0.3) is 0 Å². The maximum Gasteiger partial charge on any atom is 0.293 e. The molecule has 0 rings (SSSR count). The SMILES string of the molecule is CCCCCC[C@H](CCC)OOCC(=O)COC=O. The molecule has 5 nitrogen and oxygen atoms in total. The van der Waals surface area contributed by atoms with Gasteiger partial charge in [0.05, 0.1) is 6.10 Å². The summed E-state index contributed by atoms with van der Waals surface area (Å²) in [6, 6.07) is 0. The number of hydrogen-bond donors (Lipinski definition) is 0. The Balaban J connectivity index is 3.68. The van der Waals surface area contributed by atoms with Gasteiger partial charge in [-0.05, 0) is 12.8 Å². The van der Waals surface area contributed by atoms with E-state index in [4.69, 9.17) is 9.78 Å². The van der Waals surface area contributed by atoms with E-state index < -0.39 is 0 Å². The second kappa shape index (κ2) is 13.5. The molecule has 1 atom stereocenters. The number of carbonyl (C=O) groups is 2. The first-order valence-corrected chi connectivity index (χ1v) is 7.09. The molecular formula is C14H26O5. The second-order valence-corrected chi connectivity index (χ2v) is 4.56. The highest BCUT2D eigenvalue weighted by Gasteiger charge is 2.11. The zero-order chi connectivity index (χ0) is 14.3. The van der Waals surface area contributed by atoms with E-state index in [1.54, 1.807) is 0 Å². The molecule has 0 aliphatic heterocycles. The van der Waals surface area contributed by atoms with Gasteiger partial charge in [0.15, 0.2) is 12.4 Å². The van der Waals surface area contributed by atoms with Crippen molar-refractivity contribution in [3.8, 4) is 0 Å². The zero-order valence-electron chi connectivity index (χ0n) is 12.1. The van der Waals surface area contributed by atoms with Crippen LogP contribution in [0.1, 0.15) is 58.8 Å². The summed E-state index contributed by atoms with van der Waals surface area (Å²) in [5.74, 6) is -0.312. The molecule has 0 spiro atoms. The van der Waals surface area contributed by atoms with E-state index in [9.17, 15) is 9.59 Å². The maximum absolute atomic E-state index is 11.2. The Morgan fingerprint density at radius 2 is 1.84 bits per heavy atom.